The largest absolute Gasteiger partial charge is 0.392 e. The van der Waals surface area contributed by atoms with E-state index in [-0.39, 0.29) is 18.1 Å². The molecule has 19 heavy (non-hydrogen) atoms. The number of amides is 1. The van der Waals surface area contributed by atoms with Gasteiger partial charge in [0.25, 0.3) is 0 Å². The van der Waals surface area contributed by atoms with Crippen molar-refractivity contribution in [2.24, 2.45) is 0 Å². The molecule has 1 saturated carbocycles. The second-order valence-electron chi connectivity index (χ2n) is 6.15. The van der Waals surface area contributed by atoms with E-state index >= 15 is 0 Å². The second-order valence-corrected chi connectivity index (χ2v) is 6.15. The van der Waals surface area contributed by atoms with Crippen LogP contribution in [0.3, 0.4) is 0 Å². The summed E-state index contributed by atoms with van der Waals surface area (Å²) < 4.78 is 0. The highest BCUT2D eigenvalue weighted by atomic mass is 16.3. The number of nitrogens with zero attached hydrogens (tertiary/aromatic N) is 2. The second kappa shape index (κ2) is 5.77. The van der Waals surface area contributed by atoms with E-state index in [1.165, 1.54) is 25.7 Å². The Morgan fingerprint density at radius 3 is 2.37 bits per heavy atom. The summed E-state index contributed by atoms with van der Waals surface area (Å²) in [6.07, 6.45) is 5.63. The van der Waals surface area contributed by atoms with Crippen LogP contribution in [-0.4, -0.2) is 71.7 Å². The Labute approximate surface area is 114 Å². The van der Waals surface area contributed by atoms with Crippen LogP contribution in [0.15, 0.2) is 0 Å². The highest BCUT2D eigenvalue weighted by molar-refractivity contribution is 5.82. The number of hydrogen-bond acceptors (Lipinski definition) is 4. The van der Waals surface area contributed by atoms with Crippen molar-refractivity contribution in [2.45, 2.75) is 50.3 Å². The summed E-state index contributed by atoms with van der Waals surface area (Å²) in [6.45, 7) is 4.29. The molecule has 3 aliphatic rings. The van der Waals surface area contributed by atoms with E-state index in [4.69, 9.17) is 0 Å². The van der Waals surface area contributed by atoms with Gasteiger partial charge in [-0.15, -0.1) is 0 Å². The first-order valence-electron chi connectivity index (χ1n) is 7.68. The third-order valence-electron chi connectivity index (χ3n) is 4.87. The lowest BCUT2D eigenvalue weighted by molar-refractivity contribution is -0.135. The standard InChI is InChI=1S/C14H25N3O2/c18-12-9-13(15-10-12)14(19)17-7-5-16(6-8-17)11-3-1-2-4-11/h11-13,15,18H,1-10H2. The number of rotatable bonds is 2. The first-order valence-corrected chi connectivity index (χ1v) is 7.68. The monoisotopic (exact) mass is 267 g/mol. The number of aliphatic hydroxyl groups excluding tert-OH is 1. The topological polar surface area (TPSA) is 55.8 Å². The molecule has 2 unspecified atom stereocenters. The molecule has 0 aromatic heterocycles. The number of carbonyl (C=O) groups is 1. The van der Waals surface area contributed by atoms with Crippen LogP contribution in [0.2, 0.25) is 0 Å². The predicted octanol–water partition coefficient (Wildman–Crippen LogP) is -0.204. The van der Waals surface area contributed by atoms with Gasteiger partial charge in [-0.2, -0.15) is 0 Å². The summed E-state index contributed by atoms with van der Waals surface area (Å²) in [4.78, 5) is 16.8. The van der Waals surface area contributed by atoms with Crippen LogP contribution in [0.1, 0.15) is 32.1 Å². The Hall–Kier alpha value is -0.650. The molecule has 2 atom stereocenters. The molecule has 3 rings (SSSR count). The van der Waals surface area contributed by atoms with Crippen molar-refractivity contribution in [1.29, 1.82) is 0 Å². The molecule has 0 aromatic carbocycles. The number of piperazine rings is 1. The van der Waals surface area contributed by atoms with Gasteiger partial charge in [0.1, 0.15) is 0 Å². The van der Waals surface area contributed by atoms with Crippen LogP contribution in [0, 0.1) is 0 Å². The third-order valence-corrected chi connectivity index (χ3v) is 4.87. The smallest absolute Gasteiger partial charge is 0.239 e. The zero-order valence-corrected chi connectivity index (χ0v) is 11.6. The average molecular weight is 267 g/mol. The van der Waals surface area contributed by atoms with Gasteiger partial charge in [0.05, 0.1) is 12.1 Å². The lowest BCUT2D eigenvalue weighted by Crippen LogP contribution is -2.54. The normalized spacial score (nSPS) is 34.1. The average Bonchev–Trinajstić information content (AvgIpc) is 3.09. The van der Waals surface area contributed by atoms with E-state index < -0.39 is 0 Å². The Bertz CT molecular complexity index is 323. The maximum absolute atomic E-state index is 12.3. The maximum atomic E-state index is 12.3. The molecule has 1 amide bonds. The molecular formula is C14H25N3O2. The van der Waals surface area contributed by atoms with E-state index in [2.05, 4.69) is 10.2 Å². The molecule has 5 nitrogen and oxygen atoms in total. The van der Waals surface area contributed by atoms with Gasteiger partial charge in [0.15, 0.2) is 0 Å². The minimum atomic E-state index is -0.353. The van der Waals surface area contributed by atoms with Gasteiger partial charge in [0, 0.05) is 38.8 Å². The van der Waals surface area contributed by atoms with Crippen molar-refractivity contribution in [3.63, 3.8) is 0 Å². The van der Waals surface area contributed by atoms with Crippen molar-refractivity contribution in [3.05, 3.63) is 0 Å². The van der Waals surface area contributed by atoms with Crippen LogP contribution >= 0.6 is 0 Å². The molecule has 2 aliphatic heterocycles. The summed E-state index contributed by atoms with van der Waals surface area (Å²) in [5, 5.41) is 12.6. The Morgan fingerprint density at radius 2 is 1.79 bits per heavy atom. The summed E-state index contributed by atoms with van der Waals surface area (Å²) >= 11 is 0. The molecular weight excluding hydrogens is 242 g/mol. The summed E-state index contributed by atoms with van der Waals surface area (Å²) in [5.41, 5.74) is 0. The summed E-state index contributed by atoms with van der Waals surface area (Å²) in [5.74, 6) is 0.183. The molecule has 1 aliphatic carbocycles. The summed E-state index contributed by atoms with van der Waals surface area (Å²) in [7, 11) is 0. The number of hydrogen-bond donors (Lipinski definition) is 2. The number of β-amino-alcohol motifs (C(OH)–C–C–N with tert-alkyl or cyclic N) is 1. The van der Waals surface area contributed by atoms with Crippen LogP contribution in [0.5, 0.6) is 0 Å². The third kappa shape index (κ3) is 2.93. The molecule has 108 valence electrons. The fourth-order valence-electron chi connectivity index (χ4n) is 3.70. The van der Waals surface area contributed by atoms with E-state index in [0.717, 1.165) is 32.2 Å². The van der Waals surface area contributed by atoms with Crippen molar-refractivity contribution in [1.82, 2.24) is 15.1 Å². The van der Waals surface area contributed by atoms with Gasteiger partial charge < -0.3 is 15.3 Å². The predicted molar refractivity (Wildman–Crippen MR) is 72.8 cm³/mol. The van der Waals surface area contributed by atoms with Crippen LogP contribution in [0.25, 0.3) is 0 Å². The SMILES string of the molecule is O=C(C1CC(O)CN1)N1CCN(C2CCCC2)CC1. The molecule has 2 heterocycles. The first kappa shape index (κ1) is 13.3. The maximum Gasteiger partial charge on any atom is 0.239 e. The highest BCUT2D eigenvalue weighted by Crippen LogP contribution is 2.24. The lowest BCUT2D eigenvalue weighted by atomic mass is 10.1. The van der Waals surface area contributed by atoms with Gasteiger partial charge in [0.2, 0.25) is 5.91 Å². The molecule has 2 N–H and O–H groups in total. The molecule has 3 fully saturated rings. The minimum absolute atomic E-state index is 0.159. The zero-order chi connectivity index (χ0) is 13.2. The van der Waals surface area contributed by atoms with Crippen LogP contribution in [-0.2, 0) is 4.79 Å². The molecule has 0 bridgehead atoms. The van der Waals surface area contributed by atoms with E-state index in [1.807, 2.05) is 4.90 Å². The molecule has 5 heteroatoms. The quantitative estimate of drug-likeness (QED) is 0.727. The number of nitrogens with one attached hydrogen (secondary N) is 1. The number of aliphatic hydroxyl groups is 1. The van der Waals surface area contributed by atoms with Crippen molar-refractivity contribution < 1.29 is 9.90 Å². The Morgan fingerprint density at radius 1 is 1.11 bits per heavy atom. The fourth-order valence-corrected chi connectivity index (χ4v) is 3.70. The minimum Gasteiger partial charge on any atom is -0.392 e. The van der Waals surface area contributed by atoms with E-state index in [0.29, 0.717) is 13.0 Å². The van der Waals surface area contributed by atoms with Gasteiger partial charge in [-0.25, -0.2) is 0 Å². The molecule has 2 saturated heterocycles. The summed E-state index contributed by atoms with van der Waals surface area (Å²) in [6, 6.07) is 0.608. The van der Waals surface area contributed by atoms with E-state index in [1.54, 1.807) is 0 Å². The zero-order valence-electron chi connectivity index (χ0n) is 11.6. The van der Waals surface area contributed by atoms with Gasteiger partial charge in [-0.3, -0.25) is 9.69 Å². The van der Waals surface area contributed by atoms with Gasteiger partial charge in [-0.1, -0.05) is 12.8 Å². The Balaban J connectivity index is 1.48. The molecule has 0 aromatic rings. The van der Waals surface area contributed by atoms with Crippen LogP contribution in [0.4, 0.5) is 0 Å². The molecule has 0 spiro atoms. The fraction of sp³-hybridized carbons (Fsp3) is 0.929. The molecule has 0 radical (unpaired) electrons. The first-order chi connectivity index (χ1) is 9.24. The highest BCUT2D eigenvalue weighted by Gasteiger charge is 2.34. The number of carbonyl (C=O) groups excluding carboxylic acids is 1. The van der Waals surface area contributed by atoms with Gasteiger partial charge in [-0.05, 0) is 19.3 Å². The van der Waals surface area contributed by atoms with Crippen molar-refractivity contribution in [3.8, 4) is 0 Å². The van der Waals surface area contributed by atoms with Gasteiger partial charge >= 0.3 is 0 Å². The Kier molecular flexibility index (Phi) is 4.05. The van der Waals surface area contributed by atoms with Crippen LogP contribution < -0.4 is 5.32 Å². The van der Waals surface area contributed by atoms with E-state index in [9.17, 15) is 9.90 Å². The van der Waals surface area contributed by atoms with Crippen molar-refractivity contribution in [2.75, 3.05) is 32.7 Å². The van der Waals surface area contributed by atoms with Crippen molar-refractivity contribution >= 4 is 5.91 Å². The lowest BCUT2D eigenvalue weighted by Gasteiger charge is -2.38.